The van der Waals surface area contributed by atoms with Gasteiger partial charge in [0.15, 0.2) is 0 Å². The minimum atomic E-state index is -0.495. The van der Waals surface area contributed by atoms with Crippen molar-refractivity contribution in [3.8, 4) is 0 Å². The number of carbonyl (C=O) groups excluding carboxylic acids is 1. The van der Waals surface area contributed by atoms with E-state index < -0.39 is 5.79 Å². The molecule has 4 bridgehead atoms. The molecule has 2 N–H and O–H groups in total. The first-order valence-corrected chi connectivity index (χ1v) is 12.7. The fraction of sp³-hybridized carbons (Fsp3) is 0.958. The molecular weight excluding hydrogens is 394 g/mol. The molecule has 0 radical (unpaired) electrons. The normalized spacial score (nSPS) is 42.8. The van der Waals surface area contributed by atoms with Crippen LogP contribution < -0.4 is 5.73 Å². The number of rotatable bonds is 7. The van der Waals surface area contributed by atoms with Crippen molar-refractivity contribution in [2.45, 2.75) is 69.7 Å². The zero-order chi connectivity index (χ0) is 21.4. The molecule has 6 aliphatic rings. The number of nitrogens with two attached hydrogens (primary N) is 1. The summed E-state index contributed by atoms with van der Waals surface area (Å²) in [5.74, 6) is 3.09. The molecule has 1 amide bonds. The first-order chi connectivity index (χ1) is 15.1. The molecule has 0 atom stereocenters. The third kappa shape index (κ3) is 4.41. The predicted molar refractivity (Wildman–Crippen MR) is 117 cm³/mol. The van der Waals surface area contributed by atoms with Crippen molar-refractivity contribution in [1.29, 1.82) is 0 Å². The monoisotopic (exact) mass is 435 g/mol. The third-order valence-electron chi connectivity index (χ3n) is 9.12. The van der Waals surface area contributed by atoms with E-state index in [1.807, 2.05) is 12.0 Å². The van der Waals surface area contributed by atoms with Crippen LogP contribution >= 0.6 is 0 Å². The molecule has 1 heterocycles. The standard InChI is InChI=1S/C24H41N3O4/c1-29-24(20-11-18-10-19(13-20)14-21(24)12-18)31-30-22-4-2-17(3-5-22)16-26-6-8-27(9-7-26)23(28)15-25/h17-22H,2-16,25H2,1H3. The van der Waals surface area contributed by atoms with Crippen LogP contribution in [0.2, 0.25) is 0 Å². The van der Waals surface area contributed by atoms with Crippen molar-refractivity contribution >= 4 is 5.91 Å². The van der Waals surface area contributed by atoms with Gasteiger partial charge in [-0.15, -0.1) is 0 Å². The maximum Gasteiger partial charge on any atom is 0.236 e. The van der Waals surface area contributed by atoms with E-state index in [0.717, 1.165) is 57.4 Å². The van der Waals surface area contributed by atoms with E-state index in [0.29, 0.717) is 17.8 Å². The Kier molecular flexibility index (Phi) is 6.59. The Morgan fingerprint density at radius 3 is 2.10 bits per heavy atom. The Balaban J connectivity index is 1.05. The van der Waals surface area contributed by atoms with Crippen molar-refractivity contribution in [2.75, 3.05) is 46.4 Å². The molecule has 7 heteroatoms. The highest BCUT2D eigenvalue weighted by Gasteiger charge is 2.60. The summed E-state index contributed by atoms with van der Waals surface area (Å²) in [7, 11) is 1.82. The Bertz CT molecular complexity index is 600. The fourth-order valence-electron chi connectivity index (χ4n) is 7.57. The molecule has 0 unspecified atom stereocenters. The molecule has 176 valence electrons. The zero-order valence-electron chi connectivity index (χ0n) is 19.2. The Hall–Kier alpha value is -0.730. The molecule has 0 aromatic heterocycles. The van der Waals surface area contributed by atoms with Gasteiger partial charge in [-0.25, -0.2) is 9.78 Å². The number of ether oxygens (including phenoxy) is 1. The van der Waals surface area contributed by atoms with Crippen molar-refractivity contribution in [2.24, 2.45) is 35.3 Å². The van der Waals surface area contributed by atoms with Crippen molar-refractivity contribution < 1.29 is 19.3 Å². The number of nitrogens with zero attached hydrogens (tertiary/aromatic N) is 2. The molecule has 31 heavy (non-hydrogen) atoms. The molecule has 0 aromatic carbocycles. The highest BCUT2D eigenvalue weighted by molar-refractivity contribution is 5.78. The van der Waals surface area contributed by atoms with Gasteiger partial charge in [-0.3, -0.25) is 9.69 Å². The number of methoxy groups -OCH3 is 1. The van der Waals surface area contributed by atoms with Crippen LogP contribution in [-0.2, 0) is 19.3 Å². The summed E-state index contributed by atoms with van der Waals surface area (Å²) < 4.78 is 6.07. The molecule has 0 spiro atoms. The molecule has 6 rings (SSSR count). The Morgan fingerprint density at radius 1 is 0.935 bits per heavy atom. The molecular formula is C24H41N3O4. The van der Waals surface area contributed by atoms with Crippen molar-refractivity contribution in [1.82, 2.24) is 9.80 Å². The average Bonchev–Trinajstić information content (AvgIpc) is 2.80. The summed E-state index contributed by atoms with van der Waals surface area (Å²) in [5.41, 5.74) is 5.49. The lowest BCUT2D eigenvalue weighted by atomic mass is 9.53. The van der Waals surface area contributed by atoms with E-state index in [1.165, 1.54) is 44.9 Å². The fourth-order valence-corrected chi connectivity index (χ4v) is 7.57. The maximum atomic E-state index is 11.7. The van der Waals surface area contributed by atoms with Gasteiger partial charge in [0.05, 0.1) is 12.6 Å². The number of amides is 1. The van der Waals surface area contributed by atoms with E-state index in [9.17, 15) is 4.79 Å². The number of piperazine rings is 1. The van der Waals surface area contributed by atoms with Crippen LogP contribution in [0.3, 0.4) is 0 Å². The van der Waals surface area contributed by atoms with Crippen LogP contribution in [0.5, 0.6) is 0 Å². The Labute approximate surface area is 186 Å². The number of carbonyl (C=O) groups is 1. The molecule has 5 aliphatic carbocycles. The highest BCUT2D eigenvalue weighted by atomic mass is 17.2. The minimum absolute atomic E-state index is 0.0743. The lowest BCUT2D eigenvalue weighted by Crippen LogP contribution is -2.60. The quantitative estimate of drug-likeness (QED) is 0.376. The average molecular weight is 436 g/mol. The maximum absolute atomic E-state index is 11.7. The number of hydrogen-bond acceptors (Lipinski definition) is 6. The molecule has 1 aliphatic heterocycles. The minimum Gasteiger partial charge on any atom is -0.350 e. The summed E-state index contributed by atoms with van der Waals surface area (Å²) in [6.07, 6.45) is 11.1. The first-order valence-electron chi connectivity index (χ1n) is 12.7. The molecule has 0 aromatic rings. The van der Waals surface area contributed by atoms with E-state index in [4.69, 9.17) is 20.2 Å². The van der Waals surface area contributed by atoms with Crippen LogP contribution in [-0.4, -0.2) is 74.0 Å². The van der Waals surface area contributed by atoms with Gasteiger partial charge in [0.2, 0.25) is 11.7 Å². The number of hydrogen-bond donors (Lipinski definition) is 1. The van der Waals surface area contributed by atoms with Gasteiger partial charge in [0.1, 0.15) is 0 Å². The van der Waals surface area contributed by atoms with E-state index in [-0.39, 0.29) is 18.6 Å². The predicted octanol–water partition coefficient (Wildman–Crippen LogP) is 2.40. The van der Waals surface area contributed by atoms with E-state index in [2.05, 4.69) is 4.90 Å². The van der Waals surface area contributed by atoms with Crippen molar-refractivity contribution in [3.63, 3.8) is 0 Å². The smallest absolute Gasteiger partial charge is 0.236 e. The summed E-state index contributed by atoms with van der Waals surface area (Å²) >= 11 is 0. The van der Waals surface area contributed by atoms with Crippen LogP contribution in [0.15, 0.2) is 0 Å². The third-order valence-corrected chi connectivity index (χ3v) is 9.12. The van der Waals surface area contributed by atoms with Crippen LogP contribution in [0.4, 0.5) is 0 Å². The lowest BCUT2D eigenvalue weighted by molar-refractivity contribution is -0.486. The lowest BCUT2D eigenvalue weighted by Gasteiger charge is -2.58. The molecule has 6 fully saturated rings. The molecule has 1 saturated heterocycles. The van der Waals surface area contributed by atoms with Gasteiger partial charge in [0, 0.05) is 51.7 Å². The van der Waals surface area contributed by atoms with Gasteiger partial charge < -0.3 is 15.4 Å². The largest absolute Gasteiger partial charge is 0.350 e. The van der Waals surface area contributed by atoms with Crippen LogP contribution in [0, 0.1) is 29.6 Å². The SMILES string of the molecule is COC1(OOC2CCC(CN3CCN(C(=O)CN)CC3)CC2)C2CC3CC(C2)CC1C3. The Morgan fingerprint density at radius 2 is 1.55 bits per heavy atom. The summed E-state index contributed by atoms with van der Waals surface area (Å²) in [5, 5.41) is 0. The van der Waals surface area contributed by atoms with Gasteiger partial charge in [-0.1, -0.05) is 0 Å². The highest BCUT2D eigenvalue weighted by Crippen LogP contribution is 2.60. The second kappa shape index (κ2) is 9.26. The first kappa shape index (κ1) is 22.1. The van der Waals surface area contributed by atoms with Gasteiger partial charge in [-0.2, -0.15) is 0 Å². The van der Waals surface area contributed by atoms with Gasteiger partial charge in [0.25, 0.3) is 0 Å². The second-order valence-electron chi connectivity index (χ2n) is 10.9. The van der Waals surface area contributed by atoms with Gasteiger partial charge in [-0.05, 0) is 75.5 Å². The van der Waals surface area contributed by atoms with Gasteiger partial charge >= 0.3 is 0 Å². The topological polar surface area (TPSA) is 77.3 Å². The molecule has 7 nitrogen and oxygen atoms in total. The van der Waals surface area contributed by atoms with Crippen LogP contribution in [0.1, 0.15) is 57.8 Å². The van der Waals surface area contributed by atoms with E-state index >= 15 is 0 Å². The van der Waals surface area contributed by atoms with Crippen LogP contribution in [0.25, 0.3) is 0 Å². The zero-order valence-corrected chi connectivity index (χ0v) is 19.2. The molecule has 5 saturated carbocycles. The van der Waals surface area contributed by atoms with E-state index in [1.54, 1.807) is 0 Å². The summed E-state index contributed by atoms with van der Waals surface area (Å²) in [6.45, 7) is 4.81. The summed E-state index contributed by atoms with van der Waals surface area (Å²) in [4.78, 5) is 28.5. The van der Waals surface area contributed by atoms with Crippen molar-refractivity contribution in [3.05, 3.63) is 0 Å². The summed E-state index contributed by atoms with van der Waals surface area (Å²) in [6, 6.07) is 0. The second-order valence-corrected chi connectivity index (χ2v) is 10.9.